The molecule has 4 aromatic rings. The summed E-state index contributed by atoms with van der Waals surface area (Å²) >= 11 is 3.48. The summed E-state index contributed by atoms with van der Waals surface area (Å²) in [5, 5.41) is 0.941. The van der Waals surface area contributed by atoms with Gasteiger partial charge in [-0.05, 0) is 37.2 Å². The minimum atomic E-state index is -0.458. The number of aromatic nitrogens is 6. The first kappa shape index (κ1) is 24.4. The molecule has 1 fully saturated rings. The Morgan fingerprint density at radius 2 is 1.97 bits per heavy atom. The van der Waals surface area contributed by atoms with Crippen LogP contribution in [0.4, 0.5) is 5.95 Å². The number of nitrogens with zero attached hydrogens (tertiary/aromatic N) is 7. The van der Waals surface area contributed by atoms with Gasteiger partial charge in [0.25, 0.3) is 5.56 Å². The Kier molecular flexibility index (Phi) is 6.52. The molecular weight excluding hydrogens is 524 g/mol. The van der Waals surface area contributed by atoms with E-state index in [4.69, 9.17) is 10.7 Å². The van der Waals surface area contributed by atoms with Crippen LogP contribution in [0.1, 0.15) is 31.3 Å². The quantitative estimate of drug-likeness (QED) is 0.404. The summed E-state index contributed by atoms with van der Waals surface area (Å²) < 4.78 is 5.44. The number of allylic oxidation sites excluding steroid dienone is 2. The van der Waals surface area contributed by atoms with E-state index in [9.17, 15) is 9.59 Å². The summed E-state index contributed by atoms with van der Waals surface area (Å²) in [7, 11) is 1.64. The minimum absolute atomic E-state index is 0.0322. The molecule has 1 atom stereocenters. The first-order chi connectivity index (χ1) is 17.2. The van der Waals surface area contributed by atoms with E-state index in [-0.39, 0.29) is 12.6 Å². The van der Waals surface area contributed by atoms with Crippen molar-refractivity contribution in [3.8, 4) is 0 Å². The van der Waals surface area contributed by atoms with Gasteiger partial charge in [-0.3, -0.25) is 13.9 Å². The van der Waals surface area contributed by atoms with E-state index in [1.54, 1.807) is 7.05 Å². The van der Waals surface area contributed by atoms with Gasteiger partial charge in [0.2, 0.25) is 5.95 Å². The molecule has 3 aromatic heterocycles. The van der Waals surface area contributed by atoms with Gasteiger partial charge in [0.05, 0.1) is 12.1 Å². The van der Waals surface area contributed by atoms with Crippen LogP contribution in [-0.4, -0.2) is 47.8 Å². The lowest BCUT2D eigenvalue weighted by Crippen LogP contribution is -2.44. The van der Waals surface area contributed by atoms with Crippen LogP contribution in [0.2, 0.25) is 0 Å². The third kappa shape index (κ3) is 4.37. The van der Waals surface area contributed by atoms with E-state index in [2.05, 4.69) is 30.8 Å². The zero-order chi connectivity index (χ0) is 25.6. The van der Waals surface area contributed by atoms with E-state index in [1.165, 1.54) is 9.13 Å². The van der Waals surface area contributed by atoms with Gasteiger partial charge in [-0.2, -0.15) is 4.98 Å². The van der Waals surface area contributed by atoms with Crippen molar-refractivity contribution in [3.63, 3.8) is 0 Å². The molecule has 5 rings (SSSR count). The van der Waals surface area contributed by atoms with Crippen molar-refractivity contribution in [2.24, 2.45) is 12.8 Å². The second-order valence-corrected chi connectivity index (χ2v) is 10.6. The predicted molar refractivity (Wildman–Crippen MR) is 145 cm³/mol. The van der Waals surface area contributed by atoms with Gasteiger partial charge in [-0.1, -0.05) is 40.2 Å². The average molecular weight is 553 g/mol. The minimum Gasteiger partial charge on any atom is -0.341 e. The summed E-state index contributed by atoms with van der Waals surface area (Å²) in [6.07, 6.45) is 3.87. The molecule has 0 aliphatic carbocycles. The zero-order valence-corrected chi connectivity index (χ0v) is 22.2. The van der Waals surface area contributed by atoms with Crippen LogP contribution in [0.3, 0.4) is 0 Å². The second-order valence-electron chi connectivity index (χ2n) is 9.31. The molecule has 0 amide bonds. The largest absolute Gasteiger partial charge is 0.341 e. The number of hydrogen-bond acceptors (Lipinski definition) is 7. The number of hydrogen-bond donors (Lipinski definition) is 1. The number of piperidine rings is 1. The van der Waals surface area contributed by atoms with E-state index in [0.29, 0.717) is 36.0 Å². The Hall–Kier alpha value is -3.31. The third-order valence-corrected chi connectivity index (χ3v) is 6.97. The lowest BCUT2D eigenvalue weighted by atomic mass is 10.1. The molecule has 2 N–H and O–H groups in total. The molecule has 1 saturated heterocycles. The molecule has 1 unspecified atom stereocenters. The maximum Gasteiger partial charge on any atom is 0.332 e. The van der Waals surface area contributed by atoms with Crippen molar-refractivity contribution in [2.45, 2.75) is 45.8 Å². The summed E-state index contributed by atoms with van der Waals surface area (Å²) in [5.74, 6) is 1.06. The molecule has 0 radical (unpaired) electrons. The fourth-order valence-electron chi connectivity index (χ4n) is 4.83. The molecule has 4 heterocycles. The van der Waals surface area contributed by atoms with E-state index < -0.39 is 11.2 Å². The number of benzene rings is 1. The Morgan fingerprint density at radius 1 is 1.19 bits per heavy atom. The molecule has 10 nitrogen and oxygen atoms in total. The molecule has 1 aliphatic rings. The zero-order valence-electron chi connectivity index (χ0n) is 20.6. The topological polar surface area (TPSA) is 117 Å². The van der Waals surface area contributed by atoms with Crippen LogP contribution >= 0.6 is 15.9 Å². The number of halogens is 1. The van der Waals surface area contributed by atoms with Gasteiger partial charge in [0.15, 0.2) is 11.2 Å². The van der Waals surface area contributed by atoms with Gasteiger partial charge < -0.3 is 15.2 Å². The molecule has 0 bridgehead atoms. The summed E-state index contributed by atoms with van der Waals surface area (Å²) in [6.45, 7) is 5.66. The van der Waals surface area contributed by atoms with Gasteiger partial charge in [-0.15, -0.1) is 0 Å². The van der Waals surface area contributed by atoms with Crippen molar-refractivity contribution in [3.05, 3.63) is 67.2 Å². The number of anilines is 1. The Bertz CT molecular complexity index is 1610. The summed E-state index contributed by atoms with van der Waals surface area (Å²) in [6, 6.07) is 7.73. The Balaban J connectivity index is 1.69. The van der Waals surface area contributed by atoms with Gasteiger partial charge in [0.1, 0.15) is 5.82 Å². The molecule has 1 aromatic carbocycles. The van der Waals surface area contributed by atoms with Crippen LogP contribution in [-0.2, 0) is 20.1 Å². The van der Waals surface area contributed by atoms with Crippen LogP contribution < -0.4 is 21.9 Å². The van der Waals surface area contributed by atoms with Crippen LogP contribution in [0.25, 0.3) is 22.1 Å². The summed E-state index contributed by atoms with van der Waals surface area (Å²) in [4.78, 5) is 43.3. The first-order valence-corrected chi connectivity index (χ1v) is 12.8. The van der Waals surface area contributed by atoms with Crippen LogP contribution in [0.15, 0.2) is 44.4 Å². The lowest BCUT2D eigenvalue weighted by Gasteiger charge is -2.31. The number of fused-ring (bicyclic) bond motifs is 2. The monoisotopic (exact) mass is 552 g/mol. The molecule has 11 heteroatoms. The van der Waals surface area contributed by atoms with Crippen molar-refractivity contribution in [1.29, 1.82) is 0 Å². The molecular formula is C25H29BrN8O2. The maximum atomic E-state index is 13.8. The van der Waals surface area contributed by atoms with E-state index in [0.717, 1.165) is 40.5 Å². The van der Waals surface area contributed by atoms with Crippen molar-refractivity contribution >= 4 is 43.9 Å². The van der Waals surface area contributed by atoms with Crippen molar-refractivity contribution < 1.29 is 0 Å². The van der Waals surface area contributed by atoms with Crippen LogP contribution in [0.5, 0.6) is 0 Å². The highest BCUT2D eigenvalue weighted by Crippen LogP contribution is 2.24. The Labute approximate surface area is 216 Å². The van der Waals surface area contributed by atoms with Gasteiger partial charge in [0, 0.05) is 43.8 Å². The fraction of sp³-hybridized carbons (Fsp3) is 0.400. The molecule has 188 valence electrons. The number of aryl methyl sites for hydroxylation is 2. The first-order valence-electron chi connectivity index (χ1n) is 12.0. The predicted octanol–water partition coefficient (Wildman–Crippen LogP) is 2.42. The van der Waals surface area contributed by atoms with E-state index >= 15 is 0 Å². The highest BCUT2D eigenvalue weighted by atomic mass is 79.9. The maximum absolute atomic E-state index is 13.8. The smallest absolute Gasteiger partial charge is 0.332 e. The SMILES string of the molecule is CC(Br)=CCn1c(N2CCCC(N)C2)nc2c1c(=O)n(Cc1nc(C)c3ccccc3n1)c(=O)n2C. The van der Waals surface area contributed by atoms with Gasteiger partial charge in [-0.25, -0.2) is 14.8 Å². The number of rotatable bonds is 5. The van der Waals surface area contributed by atoms with Crippen molar-refractivity contribution in [1.82, 2.24) is 28.7 Å². The summed E-state index contributed by atoms with van der Waals surface area (Å²) in [5.41, 5.74) is 7.67. The molecule has 0 saturated carbocycles. The molecule has 1 aliphatic heterocycles. The highest BCUT2D eigenvalue weighted by molar-refractivity contribution is 9.11. The average Bonchev–Trinajstić information content (AvgIpc) is 3.24. The number of para-hydroxylation sites is 1. The third-order valence-electron chi connectivity index (χ3n) is 6.65. The number of nitrogens with two attached hydrogens (primary N) is 1. The number of imidazole rings is 1. The normalized spacial score (nSPS) is 16.9. The van der Waals surface area contributed by atoms with Crippen molar-refractivity contribution in [2.75, 3.05) is 18.0 Å². The van der Waals surface area contributed by atoms with Gasteiger partial charge >= 0.3 is 5.69 Å². The highest BCUT2D eigenvalue weighted by Gasteiger charge is 2.26. The lowest BCUT2D eigenvalue weighted by molar-refractivity contribution is 0.495. The van der Waals surface area contributed by atoms with Crippen LogP contribution in [0, 0.1) is 6.92 Å². The molecule has 36 heavy (non-hydrogen) atoms. The second kappa shape index (κ2) is 9.62. The molecule has 0 spiro atoms. The van der Waals surface area contributed by atoms with E-state index in [1.807, 2.05) is 48.8 Å². The fourth-order valence-corrected chi connectivity index (χ4v) is 4.97. The standard InChI is InChI=1S/C25H29BrN8O2/c1-15(26)10-12-33-21-22(30-24(33)32-11-6-7-17(27)13-32)31(3)25(36)34(23(21)35)14-20-28-16(2)18-8-4-5-9-19(18)29-20/h4-5,8-10,17H,6-7,11-14,27H2,1-3H3. The Morgan fingerprint density at radius 3 is 2.72 bits per heavy atom.